The number of hydrogen-bond donors (Lipinski definition) is 1. The van der Waals surface area contributed by atoms with E-state index in [1.165, 1.54) is 0 Å². The van der Waals surface area contributed by atoms with Crippen LogP contribution >= 0.6 is 11.6 Å². The number of alkyl halides is 1. The molecule has 2 unspecified atom stereocenters. The average Bonchev–Trinajstić information content (AvgIpc) is 2.28. The van der Waals surface area contributed by atoms with Crippen LogP contribution in [0.3, 0.4) is 0 Å². The molecule has 0 aromatic heterocycles. The van der Waals surface area contributed by atoms with Gasteiger partial charge in [0.2, 0.25) is 0 Å². The van der Waals surface area contributed by atoms with Crippen molar-refractivity contribution in [2.24, 2.45) is 5.92 Å². The summed E-state index contributed by atoms with van der Waals surface area (Å²) in [6.45, 7) is 1.61. The van der Waals surface area contributed by atoms with E-state index < -0.39 is 17.3 Å². The predicted octanol–water partition coefficient (Wildman–Crippen LogP) is 2.57. The molecule has 1 rings (SSSR count). The van der Waals surface area contributed by atoms with E-state index in [2.05, 4.69) is 0 Å². The molecule has 88 valence electrons. The second-order valence-corrected chi connectivity index (χ2v) is 4.26. The summed E-state index contributed by atoms with van der Waals surface area (Å²) in [6.07, 6.45) is 0.541. The average molecular weight is 243 g/mol. The Balaban J connectivity index is 2.62. The molecule has 0 aliphatic heterocycles. The van der Waals surface area contributed by atoms with Gasteiger partial charge in [0.05, 0.1) is 18.4 Å². The Bertz CT molecular complexity index is 348. The number of halogens is 1. The van der Waals surface area contributed by atoms with Crippen molar-refractivity contribution < 1.29 is 14.6 Å². The zero-order valence-electron chi connectivity index (χ0n) is 9.31. The fourth-order valence-corrected chi connectivity index (χ4v) is 1.60. The van der Waals surface area contributed by atoms with Gasteiger partial charge in [-0.25, -0.2) is 0 Å². The highest BCUT2D eigenvalue weighted by Gasteiger charge is 2.21. The first-order chi connectivity index (χ1) is 7.54. The Labute approximate surface area is 100.0 Å². The maximum Gasteiger partial charge on any atom is 0.307 e. The van der Waals surface area contributed by atoms with Crippen LogP contribution in [0.2, 0.25) is 0 Å². The van der Waals surface area contributed by atoms with E-state index in [-0.39, 0.29) is 0 Å². The molecular weight excluding hydrogens is 228 g/mol. The van der Waals surface area contributed by atoms with E-state index in [4.69, 9.17) is 21.4 Å². The molecule has 1 aromatic rings. The second kappa shape index (κ2) is 5.75. The predicted molar refractivity (Wildman–Crippen MR) is 63.1 cm³/mol. The third-order valence-corrected chi connectivity index (χ3v) is 3.05. The Kier molecular flexibility index (Phi) is 4.62. The normalized spacial score (nSPS) is 14.2. The van der Waals surface area contributed by atoms with Crippen molar-refractivity contribution in [3.05, 3.63) is 29.8 Å². The molecule has 16 heavy (non-hydrogen) atoms. The van der Waals surface area contributed by atoms with E-state index in [9.17, 15) is 4.79 Å². The molecule has 0 aliphatic carbocycles. The van der Waals surface area contributed by atoms with Crippen LogP contribution < -0.4 is 4.74 Å². The largest absolute Gasteiger partial charge is 0.497 e. The van der Waals surface area contributed by atoms with Crippen molar-refractivity contribution in [1.29, 1.82) is 0 Å². The monoisotopic (exact) mass is 242 g/mol. The number of benzene rings is 1. The van der Waals surface area contributed by atoms with Gasteiger partial charge in [-0.3, -0.25) is 4.79 Å². The van der Waals surface area contributed by atoms with Crippen molar-refractivity contribution in [3.8, 4) is 5.75 Å². The summed E-state index contributed by atoms with van der Waals surface area (Å²) in [5.74, 6) is -0.640. The van der Waals surface area contributed by atoms with Crippen molar-refractivity contribution in [3.63, 3.8) is 0 Å². The van der Waals surface area contributed by atoms with Crippen molar-refractivity contribution >= 4 is 17.6 Å². The van der Waals surface area contributed by atoms with Crippen molar-refractivity contribution in [2.75, 3.05) is 7.11 Å². The summed E-state index contributed by atoms with van der Waals surface area (Å²) < 4.78 is 5.03. The highest BCUT2D eigenvalue weighted by molar-refractivity contribution is 6.22. The molecule has 1 N–H and O–H groups in total. The van der Waals surface area contributed by atoms with E-state index in [1.54, 1.807) is 14.0 Å². The molecule has 0 spiro atoms. The van der Waals surface area contributed by atoms with Gasteiger partial charge in [-0.2, -0.15) is 0 Å². The molecule has 3 nitrogen and oxygen atoms in total. The zero-order chi connectivity index (χ0) is 12.1. The van der Waals surface area contributed by atoms with Crippen LogP contribution in [-0.4, -0.2) is 23.6 Å². The maximum atomic E-state index is 10.7. The van der Waals surface area contributed by atoms with Crippen LogP contribution in [-0.2, 0) is 11.2 Å². The Morgan fingerprint density at radius 2 is 2.00 bits per heavy atom. The first kappa shape index (κ1) is 12.8. The molecule has 2 atom stereocenters. The Morgan fingerprint density at radius 1 is 1.44 bits per heavy atom. The molecule has 0 heterocycles. The number of carboxylic acids is 1. The minimum absolute atomic E-state index is 0.397. The maximum absolute atomic E-state index is 10.7. The standard InChI is InChI=1S/C12H15ClO3/c1-8(12(14)15)11(13)7-9-3-5-10(16-2)6-4-9/h3-6,8,11H,7H2,1-2H3,(H,14,15). The molecule has 1 aromatic carbocycles. The number of hydrogen-bond acceptors (Lipinski definition) is 2. The van der Waals surface area contributed by atoms with Crippen molar-refractivity contribution in [2.45, 2.75) is 18.7 Å². The number of rotatable bonds is 5. The van der Waals surface area contributed by atoms with Crippen LogP contribution in [0.15, 0.2) is 24.3 Å². The molecule has 0 fully saturated rings. The second-order valence-electron chi connectivity index (χ2n) is 3.70. The fraction of sp³-hybridized carbons (Fsp3) is 0.417. The quantitative estimate of drug-likeness (QED) is 0.808. The van der Waals surface area contributed by atoms with Crippen LogP contribution in [0, 0.1) is 5.92 Å². The van der Waals surface area contributed by atoms with Gasteiger partial charge >= 0.3 is 5.97 Å². The van der Waals surface area contributed by atoms with Crippen LogP contribution in [0.1, 0.15) is 12.5 Å². The van der Waals surface area contributed by atoms with Gasteiger partial charge in [0.25, 0.3) is 0 Å². The zero-order valence-corrected chi connectivity index (χ0v) is 10.1. The van der Waals surface area contributed by atoms with Gasteiger partial charge < -0.3 is 9.84 Å². The molecule has 0 radical (unpaired) electrons. The highest BCUT2D eigenvalue weighted by Crippen LogP contribution is 2.19. The summed E-state index contributed by atoms with van der Waals surface area (Å²) in [7, 11) is 1.60. The third-order valence-electron chi connectivity index (χ3n) is 2.52. The van der Waals surface area contributed by atoms with Crippen LogP contribution in [0.5, 0.6) is 5.75 Å². The summed E-state index contributed by atoms with van der Waals surface area (Å²) in [6, 6.07) is 7.46. The minimum Gasteiger partial charge on any atom is -0.497 e. The van der Waals surface area contributed by atoms with Gasteiger partial charge in [0.15, 0.2) is 0 Å². The molecule has 0 saturated heterocycles. The first-order valence-electron chi connectivity index (χ1n) is 5.04. The van der Waals surface area contributed by atoms with Crippen LogP contribution in [0.25, 0.3) is 0 Å². The minimum atomic E-state index is -0.867. The smallest absolute Gasteiger partial charge is 0.307 e. The number of ether oxygens (including phenoxy) is 1. The number of carboxylic acid groups (broad SMARTS) is 1. The summed E-state index contributed by atoms with van der Waals surface area (Å²) in [5.41, 5.74) is 1.01. The lowest BCUT2D eigenvalue weighted by molar-refractivity contribution is -0.141. The summed E-state index contributed by atoms with van der Waals surface area (Å²) >= 11 is 6.02. The van der Waals surface area contributed by atoms with Crippen molar-refractivity contribution in [1.82, 2.24) is 0 Å². The molecule has 4 heteroatoms. The number of methoxy groups -OCH3 is 1. The molecule has 0 amide bonds. The van der Waals surface area contributed by atoms with E-state index >= 15 is 0 Å². The summed E-state index contributed by atoms with van der Waals surface area (Å²) in [4.78, 5) is 10.7. The number of carbonyl (C=O) groups is 1. The van der Waals surface area contributed by atoms with Gasteiger partial charge in [0, 0.05) is 0 Å². The Hall–Kier alpha value is -1.22. The van der Waals surface area contributed by atoms with E-state index in [0.29, 0.717) is 6.42 Å². The van der Waals surface area contributed by atoms with Gasteiger partial charge in [-0.1, -0.05) is 19.1 Å². The first-order valence-corrected chi connectivity index (χ1v) is 5.48. The van der Waals surface area contributed by atoms with Gasteiger partial charge in [-0.15, -0.1) is 11.6 Å². The SMILES string of the molecule is COc1ccc(CC(Cl)C(C)C(=O)O)cc1. The van der Waals surface area contributed by atoms with Gasteiger partial charge in [0.1, 0.15) is 5.75 Å². The fourth-order valence-electron chi connectivity index (χ4n) is 1.32. The van der Waals surface area contributed by atoms with E-state index in [0.717, 1.165) is 11.3 Å². The van der Waals surface area contributed by atoms with Crippen LogP contribution in [0.4, 0.5) is 0 Å². The molecule has 0 bridgehead atoms. The number of aliphatic carboxylic acids is 1. The highest BCUT2D eigenvalue weighted by atomic mass is 35.5. The molecular formula is C12H15ClO3. The lowest BCUT2D eigenvalue weighted by atomic mass is 10.0. The molecule has 0 aliphatic rings. The van der Waals surface area contributed by atoms with E-state index in [1.807, 2.05) is 24.3 Å². The summed E-state index contributed by atoms with van der Waals surface area (Å²) in [5, 5.41) is 8.41. The topological polar surface area (TPSA) is 46.5 Å². The third kappa shape index (κ3) is 3.42. The lowest BCUT2D eigenvalue weighted by Gasteiger charge is -2.13. The van der Waals surface area contributed by atoms with Gasteiger partial charge in [-0.05, 0) is 24.1 Å². The lowest BCUT2D eigenvalue weighted by Crippen LogP contribution is -2.22. The Morgan fingerprint density at radius 3 is 2.44 bits per heavy atom. The molecule has 0 saturated carbocycles.